The zero-order valence-electron chi connectivity index (χ0n) is 12.8. The van der Waals surface area contributed by atoms with Gasteiger partial charge in [0.25, 0.3) is 0 Å². The molecular weight excluding hydrogens is 252 g/mol. The standard InChI is InChI=1S/C17H28O3/c1-3-5-6-7-12(4-2)17(16(18)19)10-11-8-9-13(17)15-14(11)20-15/h11-15H,3-10H2,1-2H3,(H,18,19). The van der Waals surface area contributed by atoms with Crippen LogP contribution in [0.1, 0.15) is 65.2 Å². The van der Waals surface area contributed by atoms with E-state index in [0.717, 1.165) is 25.7 Å². The van der Waals surface area contributed by atoms with Gasteiger partial charge in [0.15, 0.2) is 0 Å². The summed E-state index contributed by atoms with van der Waals surface area (Å²) in [6, 6.07) is 0. The number of unbranched alkanes of at least 4 members (excludes halogenated alkanes) is 2. The number of hydrogen-bond donors (Lipinski definition) is 1. The molecule has 1 aliphatic heterocycles. The van der Waals surface area contributed by atoms with Crippen molar-refractivity contribution >= 4 is 5.97 Å². The minimum atomic E-state index is -0.538. The van der Waals surface area contributed by atoms with E-state index in [9.17, 15) is 9.90 Å². The largest absolute Gasteiger partial charge is 0.481 e. The van der Waals surface area contributed by atoms with Gasteiger partial charge in [0.05, 0.1) is 17.6 Å². The van der Waals surface area contributed by atoms with Crippen LogP contribution in [0.2, 0.25) is 0 Å². The highest BCUT2D eigenvalue weighted by Gasteiger charge is 2.68. The summed E-state index contributed by atoms with van der Waals surface area (Å²) in [5.41, 5.74) is -0.483. The van der Waals surface area contributed by atoms with Gasteiger partial charge in [-0.3, -0.25) is 4.79 Å². The molecule has 4 fully saturated rings. The van der Waals surface area contributed by atoms with Gasteiger partial charge in [-0.1, -0.05) is 39.5 Å². The molecule has 3 saturated carbocycles. The minimum absolute atomic E-state index is 0.277. The monoisotopic (exact) mass is 280 g/mol. The Morgan fingerprint density at radius 3 is 2.70 bits per heavy atom. The maximum absolute atomic E-state index is 12.2. The number of rotatable bonds is 7. The maximum Gasteiger partial charge on any atom is 0.310 e. The first-order chi connectivity index (χ1) is 9.65. The third-order valence-corrected chi connectivity index (χ3v) is 6.31. The normalized spacial score (nSPS) is 43.1. The van der Waals surface area contributed by atoms with Crippen molar-refractivity contribution < 1.29 is 14.6 Å². The van der Waals surface area contributed by atoms with Crippen LogP contribution in [0.15, 0.2) is 0 Å². The van der Waals surface area contributed by atoms with Crippen LogP contribution < -0.4 is 0 Å². The summed E-state index contributed by atoms with van der Waals surface area (Å²) in [6.07, 6.45) is 9.50. The molecular formula is C17H28O3. The van der Waals surface area contributed by atoms with E-state index in [1.54, 1.807) is 0 Å². The molecule has 6 unspecified atom stereocenters. The minimum Gasteiger partial charge on any atom is -0.481 e. The number of epoxide rings is 1. The van der Waals surface area contributed by atoms with Gasteiger partial charge in [0.1, 0.15) is 0 Å². The van der Waals surface area contributed by atoms with E-state index < -0.39 is 11.4 Å². The van der Waals surface area contributed by atoms with Gasteiger partial charge < -0.3 is 9.84 Å². The SMILES string of the molecule is CCCCCC(CC)C1(C(=O)O)CC2CCC1C1OC21. The fraction of sp³-hybridized carbons (Fsp3) is 0.941. The zero-order valence-corrected chi connectivity index (χ0v) is 12.8. The van der Waals surface area contributed by atoms with Gasteiger partial charge in [-0.15, -0.1) is 0 Å². The molecule has 4 aliphatic rings. The van der Waals surface area contributed by atoms with E-state index in [1.165, 1.54) is 25.7 Å². The van der Waals surface area contributed by atoms with Crippen molar-refractivity contribution in [3.05, 3.63) is 0 Å². The fourth-order valence-corrected chi connectivity index (χ4v) is 5.27. The Balaban J connectivity index is 1.82. The number of hydrogen-bond acceptors (Lipinski definition) is 2. The summed E-state index contributed by atoms with van der Waals surface area (Å²) in [4.78, 5) is 12.2. The van der Waals surface area contributed by atoms with Gasteiger partial charge in [-0.05, 0) is 37.5 Å². The van der Waals surface area contributed by atoms with Crippen molar-refractivity contribution in [1.29, 1.82) is 0 Å². The first kappa shape index (κ1) is 14.4. The molecule has 3 aliphatic carbocycles. The van der Waals surface area contributed by atoms with Crippen LogP contribution in [0.4, 0.5) is 0 Å². The average Bonchev–Trinajstić information content (AvgIpc) is 3.25. The Labute approximate surface area is 122 Å². The lowest BCUT2D eigenvalue weighted by atomic mass is 9.50. The second-order valence-electron chi connectivity index (χ2n) is 7.16. The molecule has 0 aromatic rings. The Morgan fingerprint density at radius 2 is 2.10 bits per heavy atom. The lowest BCUT2D eigenvalue weighted by Crippen LogP contribution is -2.55. The molecule has 2 bridgehead atoms. The van der Waals surface area contributed by atoms with Gasteiger partial charge in [-0.25, -0.2) is 0 Å². The van der Waals surface area contributed by atoms with Crippen LogP contribution >= 0.6 is 0 Å². The summed E-state index contributed by atoms with van der Waals surface area (Å²) >= 11 is 0. The van der Waals surface area contributed by atoms with Crippen molar-refractivity contribution in [2.45, 2.75) is 77.4 Å². The van der Waals surface area contributed by atoms with Gasteiger partial charge in [0, 0.05) is 5.92 Å². The molecule has 3 nitrogen and oxygen atoms in total. The molecule has 6 atom stereocenters. The van der Waals surface area contributed by atoms with Crippen molar-refractivity contribution in [3.8, 4) is 0 Å². The second-order valence-corrected chi connectivity index (χ2v) is 7.16. The van der Waals surface area contributed by atoms with Crippen LogP contribution in [0.3, 0.4) is 0 Å². The van der Waals surface area contributed by atoms with Crippen molar-refractivity contribution in [1.82, 2.24) is 0 Å². The molecule has 1 heterocycles. The summed E-state index contributed by atoms with van der Waals surface area (Å²) in [5, 5.41) is 10.0. The Morgan fingerprint density at radius 1 is 1.30 bits per heavy atom. The van der Waals surface area contributed by atoms with Gasteiger partial charge >= 0.3 is 5.97 Å². The van der Waals surface area contributed by atoms with Crippen LogP contribution in [0, 0.1) is 23.2 Å². The molecule has 1 saturated heterocycles. The quantitative estimate of drug-likeness (QED) is 0.569. The van der Waals surface area contributed by atoms with E-state index >= 15 is 0 Å². The molecule has 4 rings (SSSR count). The van der Waals surface area contributed by atoms with E-state index in [0.29, 0.717) is 17.9 Å². The first-order valence-corrected chi connectivity index (χ1v) is 8.54. The van der Waals surface area contributed by atoms with Gasteiger partial charge in [0.2, 0.25) is 0 Å². The summed E-state index contributed by atoms with van der Waals surface area (Å²) in [6.45, 7) is 4.38. The second kappa shape index (κ2) is 5.32. The number of carboxylic acids is 1. The number of fused-ring (bicyclic) bond motifs is 2. The Kier molecular flexibility index (Phi) is 3.83. The van der Waals surface area contributed by atoms with E-state index in [4.69, 9.17) is 4.74 Å². The van der Waals surface area contributed by atoms with Crippen LogP contribution in [-0.4, -0.2) is 23.3 Å². The summed E-state index contributed by atoms with van der Waals surface area (Å²) < 4.78 is 5.83. The predicted octanol–water partition coefficient (Wildman–Crippen LogP) is 3.86. The molecule has 0 radical (unpaired) electrons. The van der Waals surface area contributed by atoms with Gasteiger partial charge in [-0.2, -0.15) is 0 Å². The highest BCUT2D eigenvalue weighted by molar-refractivity contribution is 5.76. The maximum atomic E-state index is 12.2. The summed E-state index contributed by atoms with van der Waals surface area (Å²) in [7, 11) is 0. The number of aliphatic carboxylic acids is 1. The third kappa shape index (κ3) is 2.01. The third-order valence-electron chi connectivity index (χ3n) is 6.31. The number of carboxylic acid groups (broad SMARTS) is 1. The topological polar surface area (TPSA) is 49.8 Å². The van der Waals surface area contributed by atoms with Crippen molar-refractivity contribution in [2.24, 2.45) is 23.2 Å². The lowest BCUT2D eigenvalue weighted by Gasteiger charge is -2.50. The Bertz CT molecular complexity index is 380. The molecule has 0 spiro atoms. The first-order valence-electron chi connectivity index (χ1n) is 8.54. The molecule has 0 amide bonds. The van der Waals surface area contributed by atoms with E-state index in [1.807, 2.05) is 0 Å². The molecule has 0 aromatic heterocycles. The summed E-state index contributed by atoms with van der Waals surface area (Å²) in [5.74, 6) is 0.594. The average molecular weight is 280 g/mol. The highest BCUT2D eigenvalue weighted by Crippen LogP contribution is 2.64. The van der Waals surface area contributed by atoms with Crippen molar-refractivity contribution in [2.75, 3.05) is 0 Å². The Hall–Kier alpha value is -0.570. The van der Waals surface area contributed by atoms with Crippen LogP contribution in [0.5, 0.6) is 0 Å². The predicted molar refractivity (Wildman–Crippen MR) is 77.5 cm³/mol. The van der Waals surface area contributed by atoms with Crippen LogP contribution in [-0.2, 0) is 9.53 Å². The van der Waals surface area contributed by atoms with Crippen molar-refractivity contribution in [3.63, 3.8) is 0 Å². The number of ether oxygens (including phenoxy) is 1. The lowest BCUT2D eigenvalue weighted by molar-refractivity contribution is -0.166. The highest BCUT2D eigenvalue weighted by atomic mass is 16.6. The molecule has 0 aromatic carbocycles. The number of carbonyl (C=O) groups is 1. The molecule has 1 N–H and O–H groups in total. The van der Waals surface area contributed by atoms with Crippen LogP contribution in [0.25, 0.3) is 0 Å². The zero-order chi connectivity index (χ0) is 14.3. The fourth-order valence-electron chi connectivity index (χ4n) is 5.27. The molecule has 20 heavy (non-hydrogen) atoms. The molecule has 3 heteroatoms. The van der Waals surface area contributed by atoms with E-state index in [2.05, 4.69) is 13.8 Å². The molecule has 114 valence electrons. The van der Waals surface area contributed by atoms with E-state index in [-0.39, 0.29) is 12.0 Å². The smallest absolute Gasteiger partial charge is 0.310 e.